The third-order valence-corrected chi connectivity index (χ3v) is 2.52. The van der Waals surface area contributed by atoms with Crippen LogP contribution < -0.4 is 11.3 Å². The van der Waals surface area contributed by atoms with Gasteiger partial charge in [0.15, 0.2) is 0 Å². The van der Waals surface area contributed by atoms with Gasteiger partial charge < -0.3 is 9.30 Å². The van der Waals surface area contributed by atoms with Crippen molar-refractivity contribution in [2.24, 2.45) is 5.84 Å². The molecular formula is C11H20F2N4O. The van der Waals surface area contributed by atoms with Crippen molar-refractivity contribution in [3.63, 3.8) is 0 Å². The van der Waals surface area contributed by atoms with E-state index in [2.05, 4.69) is 17.3 Å². The van der Waals surface area contributed by atoms with Crippen LogP contribution in [0.3, 0.4) is 0 Å². The number of aromatic nitrogens is 2. The number of halogens is 2. The summed E-state index contributed by atoms with van der Waals surface area (Å²) in [7, 11) is 0. The first-order valence-electron chi connectivity index (χ1n) is 6.02. The second-order valence-corrected chi connectivity index (χ2v) is 3.95. The van der Waals surface area contributed by atoms with E-state index in [0.717, 1.165) is 18.8 Å². The van der Waals surface area contributed by atoms with Crippen LogP contribution >= 0.6 is 0 Å². The summed E-state index contributed by atoms with van der Waals surface area (Å²) < 4.78 is 30.6. The molecule has 0 bridgehead atoms. The van der Waals surface area contributed by atoms with Gasteiger partial charge in [0.1, 0.15) is 12.4 Å². The molecule has 0 aliphatic heterocycles. The van der Waals surface area contributed by atoms with E-state index in [1.54, 1.807) is 6.20 Å². The molecular weight excluding hydrogens is 242 g/mol. The summed E-state index contributed by atoms with van der Waals surface area (Å²) in [5.74, 6) is 6.27. The highest BCUT2D eigenvalue weighted by molar-refractivity contribution is 4.99. The largest absolute Gasteiger partial charge is 0.375 e. The topological polar surface area (TPSA) is 65.1 Å². The SMILES string of the molecule is CCCn1ccnc1C(CCOCC(F)F)NN. The lowest BCUT2D eigenvalue weighted by molar-refractivity contribution is 0.0141. The number of imidazole rings is 1. The van der Waals surface area contributed by atoms with Crippen molar-refractivity contribution in [3.05, 3.63) is 18.2 Å². The van der Waals surface area contributed by atoms with Crippen LogP contribution in [0.15, 0.2) is 12.4 Å². The van der Waals surface area contributed by atoms with E-state index in [1.807, 2.05) is 10.8 Å². The minimum atomic E-state index is -2.43. The second kappa shape index (κ2) is 8.12. The van der Waals surface area contributed by atoms with Gasteiger partial charge in [-0.3, -0.25) is 5.84 Å². The van der Waals surface area contributed by atoms with Crippen molar-refractivity contribution < 1.29 is 13.5 Å². The third-order valence-electron chi connectivity index (χ3n) is 2.52. The van der Waals surface area contributed by atoms with E-state index in [-0.39, 0.29) is 12.6 Å². The van der Waals surface area contributed by atoms with E-state index in [9.17, 15) is 8.78 Å². The Bertz CT molecular complexity index is 333. The number of rotatable bonds is 9. The summed E-state index contributed by atoms with van der Waals surface area (Å²) in [6.45, 7) is 2.60. The fourth-order valence-electron chi connectivity index (χ4n) is 1.72. The number of hydrogen-bond acceptors (Lipinski definition) is 4. The average molecular weight is 262 g/mol. The molecule has 0 aliphatic carbocycles. The minimum absolute atomic E-state index is 0.191. The number of hydrazine groups is 1. The lowest BCUT2D eigenvalue weighted by Gasteiger charge is -2.17. The molecule has 0 amide bonds. The maximum atomic E-state index is 11.9. The fourth-order valence-corrected chi connectivity index (χ4v) is 1.72. The second-order valence-electron chi connectivity index (χ2n) is 3.95. The predicted octanol–water partition coefficient (Wildman–Crippen LogP) is 1.47. The van der Waals surface area contributed by atoms with E-state index < -0.39 is 13.0 Å². The number of ether oxygens (including phenoxy) is 1. The lowest BCUT2D eigenvalue weighted by atomic mass is 10.2. The van der Waals surface area contributed by atoms with Gasteiger partial charge in [0.25, 0.3) is 6.43 Å². The normalized spacial score (nSPS) is 13.2. The van der Waals surface area contributed by atoms with Gasteiger partial charge in [-0.15, -0.1) is 0 Å². The summed E-state index contributed by atoms with van der Waals surface area (Å²) in [6.07, 6.45) is 2.64. The van der Waals surface area contributed by atoms with Crippen molar-refractivity contribution >= 4 is 0 Å². The maximum Gasteiger partial charge on any atom is 0.261 e. The molecule has 1 heterocycles. The molecule has 7 heteroatoms. The third kappa shape index (κ3) is 4.67. The van der Waals surface area contributed by atoms with Gasteiger partial charge in [-0.05, 0) is 12.8 Å². The van der Waals surface area contributed by atoms with Gasteiger partial charge >= 0.3 is 0 Å². The fraction of sp³-hybridized carbons (Fsp3) is 0.727. The van der Waals surface area contributed by atoms with Gasteiger partial charge in [-0.1, -0.05) is 6.92 Å². The van der Waals surface area contributed by atoms with Crippen molar-refractivity contribution in [2.45, 2.75) is 38.8 Å². The molecule has 0 radical (unpaired) electrons. The first-order chi connectivity index (χ1) is 8.69. The molecule has 1 aromatic rings. The van der Waals surface area contributed by atoms with Crippen molar-refractivity contribution in [2.75, 3.05) is 13.2 Å². The zero-order chi connectivity index (χ0) is 13.4. The number of nitrogens with two attached hydrogens (primary N) is 1. The predicted molar refractivity (Wildman–Crippen MR) is 64.0 cm³/mol. The van der Waals surface area contributed by atoms with Crippen molar-refractivity contribution in [1.82, 2.24) is 15.0 Å². The Morgan fingerprint density at radius 3 is 2.94 bits per heavy atom. The Morgan fingerprint density at radius 2 is 2.33 bits per heavy atom. The average Bonchev–Trinajstić information content (AvgIpc) is 2.78. The van der Waals surface area contributed by atoms with Crippen molar-refractivity contribution in [1.29, 1.82) is 0 Å². The van der Waals surface area contributed by atoms with E-state index in [4.69, 9.17) is 10.6 Å². The summed E-state index contributed by atoms with van der Waals surface area (Å²) in [5.41, 5.74) is 2.64. The van der Waals surface area contributed by atoms with Gasteiger partial charge in [0, 0.05) is 25.5 Å². The van der Waals surface area contributed by atoms with Crippen LogP contribution in [0.1, 0.15) is 31.6 Å². The zero-order valence-corrected chi connectivity index (χ0v) is 10.5. The van der Waals surface area contributed by atoms with Gasteiger partial charge in [-0.25, -0.2) is 19.2 Å². The summed E-state index contributed by atoms with van der Waals surface area (Å²) >= 11 is 0. The van der Waals surface area contributed by atoms with E-state index >= 15 is 0 Å². The van der Waals surface area contributed by atoms with Crippen LogP contribution in [0, 0.1) is 0 Å². The number of hydrogen-bond donors (Lipinski definition) is 2. The molecule has 1 aromatic heterocycles. The minimum Gasteiger partial charge on any atom is -0.375 e. The van der Waals surface area contributed by atoms with Crippen LogP contribution in [-0.2, 0) is 11.3 Å². The Hall–Kier alpha value is -1.05. The van der Waals surface area contributed by atoms with E-state index in [0.29, 0.717) is 6.42 Å². The molecule has 0 aromatic carbocycles. The van der Waals surface area contributed by atoms with Crippen LogP contribution in [-0.4, -0.2) is 29.2 Å². The molecule has 0 saturated carbocycles. The number of alkyl halides is 2. The summed E-state index contributed by atoms with van der Waals surface area (Å²) in [4.78, 5) is 4.24. The van der Waals surface area contributed by atoms with Gasteiger partial charge in [0.2, 0.25) is 0 Å². The highest BCUT2D eigenvalue weighted by Gasteiger charge is 2.15. The van der Waals surface area contributed by atoms with Gasteiger partial charge in [0.05, 0.1) is 6.04 Å². The smallest absolute Gasteiger partial charge is 0.261 e. The number of nitrogens with zero attached hydrogens (tertiary/aromatic N) is 2. The van der Waals surface area contributed by atoms with Crippen molar-refractivity contribution in [3.8, 4) is 0 Å². The lowest BCUT2D eigenvalue weighted by Crippen LogP contribution is -2.31. The molecule has 1 rings (SSSR count). The Labute approximate surface area is 105 Å². The maximum absolute atomic E-state index is 11.9. The Balaban J connectivity index is 2.46. The number of aryl methyl sites for hydroxylation is 1. The van der Waals surface area contributed by atoms with Gasteiger partial charge in [-0.2, -0.15) is 0 Å². The molecule has 1 atom stereocenters. The Kier molecular flexibility index (Phi) is 6.77. The zero-order valence-electron chi connectivity index (χ0n) is 10.5. The summed E-state index contributed by atoms with van der Waals surface area (Å²) in [5, 5.41) is 0. The van der Waals surface area contributed by atoms with E-state index in [1.165, 1.54) is 0 Å². The van der Waals surface area contributed by atoms with Crippen LogP contribution in [0.5, 0.6) is 0 Å². The molecule has 0 aliphatic rings. The monoisotopic (exact) mass is 262 g/mol. The Morgan fingerprint density at radius 1 is 1.56 bits per heavy atom. The first kappa shape index (κ1) is 15.0. The molecule has 5 nitrogen and oxygen atoms in total. The molecule has 104 valence electrons. The molecule has 0 fully saturated rings. The molecule has 0 saturated heterocycles. The van der Waals surface area contributed by atoms with Crippen LogP contribution in [0.2, 0.25) is 0 Å². The summed E-state index contributed by atoms with van der Waals surface area (Å²) in [6, 6.07) is -0.191. The molecule has 3 N–H and O–H groups in total. The quantitative estimate of drug-likeness (QED) is 0.402. The molecule has 1 unspecified atom stereocenters. The standard InChI is InChI=1S/C11H20F2N4O/c1-2-5-17-6-4-15-11(17)9(16-14)3-7-18-8-10(12)13/h4,6,9-10,16H,2-3,5,7-8,14H2,1H3. The molecule has 18 heavy (non-hydrogen) atoms. The molecule has 0 spiro atoms. The van der Waals surface area contributed by atoms with Crippen LogP contribution in [0.25, 0.3) is 0 Å². The highest BCUT2D eigenvalue weighted by atomic mass is 19.3. The number of nitrogens with one attached hydrogen (secondary N) is 1. The first-order valence-corrected chi connectivity index (χ1v) is 6.02. The van der Waals surface area contributed by atoms with Crippen LogP contribution in [0.4, 0.5) is 8.78 Å². The highest BCUT2D eigenvalue weighted by Crippen LogP contribution is 2.14.